The quantitative estimate of drug-likeness (QED) is 0.103. The van der Waals surface area contributed by atoms with Gasteiger partial charge in [0.25, 0.3) is 0 Å². The van der Waals surface area contributed by atoms with Crippen molar-refractivity contribution in [1.82, 2.24) is 15.1 Å². The van der Waals surface area contributed by atoms with Gasteiger partial charge in [0.2, 0.25) is 17.7 Å². The molecule has 0 saturated carbocycles. The third kappa shape index (κ3) is 8.82. The van der Waals surface area contributed by atoms with E-state index < -0.39 is 65.2 Å². The fourth-order valence-corrected chi connectivity index (χ4v) is 10.2. The zero-order chi connectivity index (χ0) is 40.2. The van der Waals surface area contributed by atoms with Crippen LogP contribution in [0, 0.1) is 23.2 Å². The fraction of sp³-hybridized carbons (Fsp3) is 0.667. The summed E-state index contributed by atoms with van der Waals surface area (Å²) in [7, 11) is 1.51. The molecule has 1 spiro atoms. The summed E-state index contributed by atoms with van der Waals surface area (Å²) in [5.74, 6) is -3.93. The Morgan fingerprint density at radius 2 is 1.83 bits per heavy atom. The minimum atomic E-state index is -1.37. The number of nitrogens with zero attached hydrogens (tertiary/aromatic N) is 2. The molecule has 3 aliphatic heterocycles. The Hall–Kier alpha value is -3.06. The third-order valence-electron chi connectivity index (χ3n) is 11.4. The largest absolute Gasteiger partial charge is 0.455 e. The maximum atomic E-state index is 15.3. The van der Waals surface area contributed by atoms with Crippen LogP contribution in [0.4, 0.5) is 0 Å². The van der Waals surface area contributed by atoms with E-state index in [4.69, 9.17) is 14.2 Å². The Labute approximate surface area is 330 Å². The molecule has 1 unspecified atom stereocenters. The van der Waals surface area contributed by atoms with Crippen LogP contribution in [0.2, 0.25) is 0 Å². The fourth-order valence-electron chi connectivity index (χ4n) is 9.22. The number of nitrogens with one attached hydrogen (secondary N) is 1. The van der Waals surface area contributed by atoms with Crippen LogP contribution in [0.5, 0.6) is 0 Å². The lowest BCUT2D eigenvalue weighted by Gasteiger charge is -2.47. The minimum Gasteiger partial charge on any atom is -0.455 e. The lowest BCUT2D eigenvalue weighted by Crippen LogP contribution is -2.63. The molecule has 1 aromatic carbocycles. The molecule has 300 valence electrons. The molecule has 54 heavy (non-hydrogen) atoms. The Morgan fingerprint density at radius 3 is 2.39 bits per heavy atom. The SMILES string of the molecule is C=CCCC(=O)N[C@H](COC)[C@H](OC(=O)[C@@H]1[C@H]2O[C@@]3(CC2Br)[C@H](C(=O)N(CC=C)C(C)(C)CC(C)(C)C)N([C@@H](CO)[C@@H](C)CC)C(=O)[C@@H]13)c1ccccc1. The highest BCUT2D eigenvalue weighted by Crippen LogP contribution is 2.61. The zero-order valence-electron chi connectivity index (χ0n) is 33.4. The first-order valence-electron chi connectivity index (χ1n) is 19.2. The van der Waals surface area contributed by atoms with Crippen LogP contribution in [-0.2, 0) is 33.4 Å². The average Bonchev–Trinajstić information content (AvgIpc) is 3.70. The molecule has 0 aliphatic carbocycles. The predicted octanol–water partition coefficient (Wildman–Crippen LogP) is 5.75. The molecular formula is C42H62BrN3O8. The van der Waals surface area contributed by atoms with Gasteiger partial charge in [-0.25, -0.2) is 0 Å². The first-order chi connectivity index (χ1) is 25.4. The number of amides is 3. The molecule has 12 heteroatoms. The summed E-state index contributed by atoms with van der Waals surface area (Å²) in [4.78, 5) is 61.0. The maximum absolute atomic E-state index is 15.3. The number of alkyl halides is 1. The number of carbonyl (C=O) groups is 4. The highest BCUT2D eigenvalue weighted by atomic mass is 79.9. The average molecular weight is 817 g/mol. The second-order valence-corrected chi connectivity index (χ2v) is 18.2. The van der Waals surface area contributed by atoms with Gasteiger partial charge < -0.3 is 34.4 Å². The van der Waals surface area contributed by atoms with E-state index in [1.807, 2.05) is 58.0 Å². The van der Waals surface area contributed by atoms with Crippen molar-refractivity contribution in [3.8, 4) is 0 Å². The number of hydrogen-bond donors (Lipinski definition) is 2. The number of methoxy groups -OCH3 is 1. The maximum Gasteiger partial charge on any atom is 0.313 e. The van der Waals surface area contributed by atoms with Crippen molar-refractivity contribution in [2.75, 3.05) is 26.9 Å². The first kappa shape index (κ1) is 43.7. The number of benzene rings is 1. The molecule has 3 aliphatic rings. The highest BCUT2D eigenvalue weighted by Gasteiger charge is 2.78. The molecule has 3 amide bonds. The topological polar surface area (TPSA) is 135 Å². The van der Waals surface area contributed by atoms with Gasteiger partial charge in [0.05, 0.1) is 43.2 Å². The van der Waals surface area contributed by atoms with E-state index in [0.29, 0.717) is 31.2 Å². The number of esters is 1. The highest BCUT2D eigenvalue weighted by molar-refractivity contribution is 9.09. The number of aliphatic hydroxyl groups excluding tert-OH is 1. The summed E-state index contributed by atoms with van der Waals surface area (Å²) in [6, 6.07) is 6.54. The molecule has 2 N–H and O–H groups in total. The van der Waals surface area contributed by atoms with E-state index >= 15 is 9.59 Å². The van der Waals surface area contributed by atoms with Gasteiger partial charge in [-0.2, -0.15) is 0 Å². The molecule has 0 aromatic heterocycles. The van der Waals surface area contributed by atoms with Crippen molar-refractivity contribution in [2.45, 2.75) is 127 Å². The van der Waals surface area contributed by atoms with Gasteiger partial charge in [0.15, 0.2) is 0 Å². The number of allylic oxidation sites excluding steroid dienone is 1. The Bertz CT molecular complexity index is 1510. The van der Waals surface area contributed by atoms with Crippen LogP contribution in [-0.4, -0.2) is 106 Å². The summed E-state index contributed by atoms with van der Waals surface area (Å²) >= 11 is 3.78. The van der Waals surface area contributed by atoms with Crippen molar-refractivity contribution in [2.24, 2.45) is 23.2 Å². The molecule has 3 saturated heterocycles. The molecule has 10 atom stereocenters. The van der Waals surface area contributed by atoms with Crippen LogP contribution in [0.3, 0.4) is 0 Å². The summed E-state index contributed by atoms with van der Waals surface area (Å²) in [5.41, 5.74) is -1.51. The number of carbonyl (C=O) groups excluding carboxylic acids is 4. The van der Waals surface area contributed by atoms with Gasteiger partial charge in [-0.05, 0) is 50.0 Å². The van der Waals surface area contributed by atoms with Crippen molar-refractivity contribution in [1.29, 1.82) is 0 Å². The van der Waals surface area contributed by atoms with Gasteiger partial charge in [-0.3, -0.25) is 19.2 Å². The molecule has 4 rings (SSSR count). The zero-order valence-corrected chi connectivity index (χ0v) is 35.0. The van der Waals surface area contributed by atoms with Crippen molar-refractivity contribution in [3.63, 3.8) is 0 Å². The molecule has 11 nitrogen and oxygen atoms in total. The molecule has 0 radical (unpaired) electrons. The molecule has 2 bridgehead atoms. The van der Waals surface area contributed by atoms with E-state index in [-0.39, 0.29) is 54.2 Å². The predicted molar refractivity (Wildman–Crippen MR) is 211 cm³/mol. The Balaban J connectivity index is 1.82. The summed E-state index contributed by atoms with van der Waals surface area (Å²) in [6.45, 7) is 21.9. The summed E-state index contributed by atoms with van der Waals surface area (Å²) < 4.78 is 18.7. The van der Waals surface area contributed by atoms with Crippen molar-refractivity contribution < 1.29 is 38.5 Å². The van der Waals surface area contributed by atoms with Gasteiger partial charge in [-0.1, -0.05) is 99.5 Å². The van der Waals surface area contributed by atoms with Gasteiger partial charge >= 0.3 is 5.97 Å². The lowest BCUT2D eigenvalue weighted by molar-refractivity contribution is -0.164. The van der Waals surface area contributed by atoms with Crippen LogP contribution in [0.25, 0.3) is 0 Å². The monoisotopic (exact) mass is 815 g/mol. The summed E-state index contributed by atoms with van der Waals surface area (Å²) in [6.07, 6.45) is 3.90. The molecule has 1 aromatic rings. The Morgan fingerprint density at radius 1 is 1.17 bits per heavy atom. The van der Waals surface area contributed by atoms with E-state index in [1.165, 1.54) is 12.0 Å². The molecule has 3 fully saturated rings. The van der Waals surface area contributed by atoms with E-state index in [9.17, 15) is 14.7 Å². The van der Waals surface area contributed by atoms with Crippen LogP contribution < -0.4 is 5.32 Å². The first-order valence-corrected chi connectivity index (χ1v) is 20.2. The Kier molecular flexibility index (Phi) is 14.4. The second-order valence-electron chi connectivity index (χ2n) is 17.1. The normalized spacial score (nSPS) is 27.1. The number of halogens is 1. The van der Waals surface area contributed by atoms with Crippen molar-refractivity contribution in [3.05, 3.63) is 61.2 Å². The van der Waals surface area contributed by atoms with Crippen molar-refractivity contribution >= 4 is 39.6 Å². The number of ether oxygens (including phenoxy) is 3. The van der Waals surface area contributed by atoms with Crippen LogP contribution >= 0.6 is 15.9 Å². The smallest absolute Gasteiger partial charge is 0.313 e. The van der Waals surface area contributed by atoms with Crippen LogP contribution in [0.1, 0.15) is 92.2 Å². The number of hydrogen-bond acceptors (Lipinski definition) is 8. The van der Waals surface area contributed by atoms with E-state index in [1.54, 1.807) is 17.1 Å². The molecule has 3 heterocycles. The lowest BCUT2D eigenvalue weighted by atomic mass is 9.70. The number of likely N-dealkylation sites (tertiary alicyclic amines) is 1. The standard InChI is InChI=1S/C42H62BrN3O8/c1-11-14-20-31(48)44-29(24-52-10)34(27-18-16-15-17-19-27)53-39(51)32-33-37(49)46(30(23-47)26(4)13-3)36(42(33)22-28(43)35(32)54-42)38(50)45(21-12-2)41(8,9)25-40(5,6)7/h11-12,15-19,26,28-30,32-36,47H,1-2,13-14,20-25H2,3-10H3,(H,44,48)/t26-,28?,29+,30-,32-,33+,34+,35-,36-,42+/m0/s1. The number of rotatable bonds is 19. The number of aliphatic hydroxyl groups is 1. The number of fused-ring (bicyclic) bond motifs is 1. The van der Waals surface area contributed by atoms with Gasteiger partial charge in [-0.15, -0.1) is 13.2 Å². The van der Waals surface area contributed by atoms with Gasteiger partial charge in [0, 0.05) is 30.4 Å². The van der Waals surface area contributed by atoms with E-state index in [2.05, 4.69) is 55.2 Å². The summed E-state index contributed by atoms with van der Waals surface area (Å²) in [5, 5.41) is 13.8. The third-order valence-corrected chi connectivity index (χ3v) is 12.2. The molecular weight excluding hydrogens is 754 g/mol. The second kappa shape index (κ2) is 17.8. The van der Waals surface area contributed by atoms with E-state index in [0.717, 1.165) is 0 Å². The van der Waals surface area contributed by atoms with Crippen LogP contribution in [0.15, 0.2) is 55.6 Å². The minimum absolute atomic E-state index is 0.0472. The van der Waals surface area contributed by atoms with Gasteiger partial charge in [0.1, 0.15) is 17.7 Å².